The Hall–Kier alpha value is -3.02. The molecular weight excluding hydrogens is 410 g/mol. The second-order valence-electron chi connectivity index (χ2n) is 7.11. The van der Waals surface area contributed by atoms with Crippen LogP contribution in [0.3, 0.4) is 0 Å². The van der Waals surface area contributed by atoms with Crippen molar-refractivity contribution in [3.05, 3.63) is 35.9 Å². The number of carboxylic acid groups (broad SMARTS) is 3. The summed E-state index contributed by atoms with van der Waals surface area (Å²) in [6, 6.07) is 9.72. The van der Waals surface area contributed by atoms with Gasteiger partial charge in [-0.25, -0.2) is 4.79 Å². The molecule has 1 amide bonds. The molecule has 0 heterocycles. The van der Waals surface area contributed by atoms with Crippen LogP contribution in [0.1, 0.15) is 38.2 Å². The van der Waals surface area contributed by atoms with E-state index in [1.165, 1.54) is 5.56 Å². The third kappa shape index (κ3) is 12.3. The quantitative estimate of drug-likeness (QED) is 0.222. The van der Waals surface area contributed by atoms with Gasteiger partial charge in [0.15, 0.2) is 5.60 Å². The van der Waals surface area contributed by atoms with Gasteiger partial charge in [0, 0.05) is 6.04 Å². The van der Waals surface area contributed by atoms with E-state index in [1.807, 2.05) is 25.1 Å². The monoisotopic (exact) mass is 441 g/mol. The number of aliphatic hydroxyl groups is 1. The highest BCUT2D eigenvalue weighted by Gasteiger charge is 2.40. The Balaban J connectivity index is 0.000000615. The highest BCUT2D eigenvalue weighted by atomic mass is 16.4. The maximum atomic E-state index is 11.8. The Bertz CT molecular complexity index is 710. The number of benzene rings is 1. The summed E-state index contributed by atoms with van der Waals surface area (Å²) in [4.78, 5) is 42.3. The van der Waals surface area contributed by atoms with Gasteiger partial charge in [-0.1, -0.05) is 30.3 Å². The molecule has 0 aliphatic carbocycles. The largest absolute Gasteiger partial charge is 0.481 e. The van der Waals surface area contributed by atoms with E-state index >= 15 is 0 Å². The minimum absolute atomic E-state index is 0.0869. The summed E-state index contributed by atoms with van der Waals surface area (Å²) < 4.78 is 0. The first-order valence-corrected chi connectivity index (χ1v) is 9.60. The maximum Gasteiger partial charge on any atom is 0.336 e. The molecule has 0 aliphatic heterocycles. The molecule has 0 fully saturated rings. The van der Waals surface area contributed by atoms with Crippen LogP contribution < -0.4 is 16.8 Å². The van der Waals surface area contributed by atoms with Gasteiger partial charge in [-0.15, -0.1) is 0 Å². The van der Waals surface area contributed by atoms with Crippen LogP contribution in [0.4, 0.5) is 0 Å². The van der Waals surface area contributed by atoms with Gasteiger partial charge in [-0.2, -0.15) is 0 Å². The first-order chi connectivity index (χ1) is 14.4. The minimum Gasteiger partial charge on any atom is -0.481 e. The molecule has 0 aliphatic rings. The third-order valence-corrected chi connectivity index (χ3v) is 4.11. The number of hydrogen-bond acceptors (Lipinski definition) is 7. The Morgan fingerprint density at radius 3 is 1.97 bits per heavy atom. The zero-order chi connectivity index (χ0) is 24.0. The Kier molecular flexibility index (Phi) is 12.7. The van der Waals surface area contributed by atoms with Gasteiger partial charge in [0.05, 0.1) is 18.9 Å². The summed E-state index contributed by atoms with van der Waals surface area (Å²) in [6.07, 6.45) is -0.0541. The van der Waals surface area contributed by atoms with Crippen LogP contribution in [0.25, 0.3) is 0 Å². The SMILES string of the molecule is CC(Cc1ccccc1)NC(=O)C(N)CCCN.O=C(O)CC(O)(CC(=O)O)C(=O)O. The number of aliphatic carboxylic acids is 3. The molecule has 2 unspecified atom stereocenters. The van der Waals surface area contributed by atoms with Crippen LogP contribution in [0.2, 0.25) is 0 Å². The zero-order valence-corrected chi connectivity index (χ0v) is 17.4. The van der Waals surface area contributed by atoms with E-state index in [2.05, 4.69) is 17.4 Å². The zero-order valence-electron chi connectivity index (χ0n) is 17.4. The smallest absolute Gasteiger partial charge is 0.336 e. The molecule has 0 saturated carbocycles. The highest BCUT2D eigenvalue weighted by Crippen LogP contribution is 2.15. The lowest BCUT2D eigenvalue weighted by Crippen LogP contribution is -2.45. The van der Waals surface area contributed by atoms with Crippen molar-refractivity contribution >= 4 is 23.8 Å². The van der Waals surface area contributed by atoms with Gasteiger partial charge < -0.3 is 37.2 Å². The topological polar surface area (TPSA) is 213 Å². The minimum atomic E-state index is -2.74. The lowest BCUT2D eigenvalue weighted by Gasteiger charge is -2.18. The number of carbonyl (C=O) groups excluding carboxylic acids is 1. The van der Waals surface area contributed by atoms with Crippen molar-refractivity contribution < 1.29 is 39.6 Å². The van der Waals surface area contributed by atoms with Crippen LogP contribution in [-0.4, -0.2) is 68.5 Å². The summed E-state index contributed by atoms with van der Waals surface area (Å²) in [7, 11) is 0. The van der Waals surface area contributed by atoms with E-state index < -0.39 is 42.4 Å². The lowest BCUT2D eigenvalue weighted by atomic mass is 9.96. The normalized spacial score (nSPS) is 12.6. The molecule has 0 aromatic heterocycles. The van der Waals surface area contributed by atoms with Crippen molar-refractivity contribution in [1.29, 1.82) is 0 Å². The summed E-state index contributed by atoms with van der Waals surface area (Å²) >= 11 is 0. The predicted molar refractivity (Wildman–Crippen MR) is 111 cm³/mol. The van der Waals surface area contributed by atoms with Gasteiger partial charge in [0.1, 0.15) is 0 Å². The van der Waals surface area contributed by atoms with Crippen molar-refractivity contribution in [3.63, 3.8) is 0 Å². The molecule has 31 heavy (non-hydrogen) atoms. The Morgan fingerprint density at radius 2 is 1.55 bits per heavy atom. The molecule has 1 rings (SSSR count). The summed E-state index contributed by atoms with van der Waals surface area (Å²) in [6.45, 7) is 2.56. The summed E-state index contributed by atoms with van der Waals surface area (Å²) in [5.74, 6) is -5.11. The van der Waals surface area contributed by atoms with Crippen LogP contribution in [0.15, 0.2) is 30.3 Å². The molecule has 0 spiro atoms. The molecule has 0 bridgehead atoms. The van der Waals surface area contributed by atoms with Crippen LogP contribution in [0.5, 0.6) is 0 Å². The standard InChI is InChI=1S/C14H23N3O.C6H8O7/c1-11(10-12-6-3-2-4-7-12)17-14(18)13(16)8-5-9-15;7-3(8)1-6(13,5(11)12)2-4(9)10/h2-4,6-7,11,13H,5,8-10,15-16H2,1H3,(H,17,18);13H,1-2H2,(H,7,8)(H,9,10)(H,11,12). The third-order valence-electron chi connectivity index (χ3n) is 4.11. The highest BCUT2D eigenvalue weighted by molar-refractivity contribution is 5.88. The first kappa shape index (κ1) is 28.0. The first-order valence-electron chi connectivity index (χ1n) is 9.60. The number of nitrogens with two attached hydrogens (primary N) is 2. The lowest BCUT2D eigenvalue weighted by molar-refractivity contribution is -0.170. The fraction of sp³-hybridized carbons (Fsp3) is 0.500. The molecule has 2 atom stereocenters. The number of nitrogens with one attached hydrogen (secondary N) is 1. The number of carboxylic acids is 3. The van der Waals surface area contributed by atoms with Gasteiger partial charge in [-0.05, 0) is 38.3 Å². The molecule has 9 N–H and O–H groups in total. The van der Waals surface area contributed by atoms with Gasteiger partial charge in [0.25, 0.3) is 0 Å². The molecule has 11 heteroatoms. The van der Waals surface area contributed by atoms with E-state index in [0.717, 1.165) is 12.8 Å². The molecule has 1 aromatic carbocycles. The molecule has 0 saturated heterocycles. The number of amides is 1. The average Bonchev–Trinajstić information content (AvgIpc) is 2.65. The van der Waals surface area contributed by atoms with Crippen LogP contribution in [0, 0.1) is 0 Å². The molecule has 174 valence electrons. The van der Waals surface area contributed by atoms with E-state index in [0.29, 0.717) is 13.0 Å². The molecule has 1 aromatic rings. The van der Waals surface area contributed by atoms with Gasteiger partial charge in [0.2, 0.25) is 5.91 Å². The van der Waals surface area contributed by atoms with Gasteiger partial charge >= 0.3 is 17.9 Å². The van der Waals surface area contributed by atoms with E-state index in [1.54, 1.807) is 0 Å². The van der Waals surface area contributed by atoms with Crippen molar-refractivity contribution in [2.45, 2.75) is 56.7 Å². The van der Waals surface area contributed by atoms with Crippen LogP contribution in [-0.2, 0) is 25.6 Å². The molecular formula is C20H31N3O8. The van der Waals surface area contributed by atoms with E-state index in [9.17, 15) is 19.2 Å². The average molecular weight is 441 g/mol. The van der Waals surface area contributed by atoms with Crippen molar-refractivity contribution in [2.75, 3.05) is 6.54 Å². The number of rotatable bonds is 12. The maximum absolute atomic E-state index is 11.8. The molecule has 0 radical (unpaired) electrons. The van der Waals surface area contributed by atoms with Gasteiger partial charge in [-0.3, -0.25) is 14.4 Å². The Morgan fingerprint density at radius 1 is 1.03 bits per heavy atom. The Labute approximate surface area is 180 Å². The van der Waals surface area contributed by atoms with Crippen molar-refractivity contribution in [3.8, 4) is 0 Å². The van der Waals surface area contributed by atoms with Crippen LogP contribution >= 0.6 is 0 Å². The van der Waals surface area contributed by atoms with Crippen molar-refractivity contribution in [1.82, 2.24) is 5.32 Å². The summed E-state index contributed by atoms with van der Waals surface area (Å²) in [5, 5.41) is 36.7. The number of hydrogen-bond donors (Lipinski definition) is 7. The summed E-state index contributed by atoms with van der Waals surface area (Å²) in [5.41, 5.74) is 9.64. The predicted octanol–water partition coefficient (Wildman–Crippen LogP) is -0.448. The molecule has 11 nitrogen and oxygen atoms in total. The van der Waals surface area contributed by atoms with E-state index in [4.69, 9.17) is 31.9 Å². The fourth-order valence-corrected chi connectivity index (χ4v) is 2.55. The second kappa shape index (κ2) is 14.1. The number of carbonyl (C=O) groups is 4. The second-order valence-corrected chi connectivity index (χ2v) is 7.11. The fourth-order valence-electron chi connectivity index (χ4n) is 2.55. The van der Waals surface area contributed by atoms with Crippen molar-refractivity contribution in [2.24, 2.45) is 11.5 Å². The van der Waals surface area contributed by atoms with E-state index in [-0.39, 0.29) is 11.9 Å².